The minimum Gasteiger partial charge on any atom is -0.389 e. The molecule has 1 nitrogen and oxygen atoms in total. The molecule has 1 aliphatic rings. The maximum absolute atomic E-state index is 9.32. The van der Waals surface area contributed by atoms with Gasteiger partial charge in [0.25, 0.3) is 0 Å². The molecule has 0 aromatic carbocycles. The molecule has 0 aromatic rings. The lowest BCUT2D eigenvalue weighted by atomic mass is 10.1. The fourth-order valence-electron chi connectivity index (χ4n) is 1.45. The largest absolute Gasteiger partial charge is 0.389 e. The van der Waals surface area contributed by atoms with Gasteiger partial charge in [0, 0.05) is 0 Å². The lowest BCUT2D eigenvalue weighted by Crippen LogP contribution is -2.00. The van der Waals surface area contributed by atoms with Crippen molar-refractivity contribution in [3.8, 4) is 0 Å². The van der Waals surface area contributed by atoms with E-state index in [-0.39, 0.29) is 6.10 Å². The molecule has 0 heterocycles. The van der Waals surface area contributed by atoms with Crippen LogP contribution in [0.25, 0.3) is 0 Å². The van der Waals surface area contributed by atoms with Crippen molar-refractivity contribution >= 4 is 0 Å². The predicted molar refractivity (Wildman–Crippen MR) is 42.8 cm³/mol. The van der Waals surface area contributed by atoms with Crippen molar-refractivity contribution in [1.82, 2.24) is 0 Å². The van der Waals surface area contributed by atoms with Crippen LogP contribution < -0.4 is 0 Å². The van der Waals surface area contributed by atoms with Crippen LogP contribution >= 0.6 is 0 Å². The Kier molecular flexibility index (Phi) is 1.95. The number of aliphatic hydroxyl groups excluding tert-OH is 1. The molecule has 0 bridgehead atoms. The molecular formula is C9H14O. The van der Waals surface area contributed by atoms with Gasteiger partial charge in [0.2, 0.25) is 0 Å². The summed E-state index contributed by atoms with van der Waals surface area (Å²) in [6.07, 6.45) is 1.68. The minimum atomic E-state index is -0.202. The van der Waals surface area contributed by atoms with E-state index in [9.17, 15) is 5.11 Å². The summed E-state index contributed by atoms with van der Waals surface area (Å²) in [4.78, 5) is 0. The third kappa shape index (κ3) is 1.14. The van der Waals surface area contributed by atoms with Gasteiger partial charge in [-0.25, -0.2) is 0 Å². The van der Waals surface area contributed by atoms with Gasteiger partial charge < -0.3 is 5.11 Å². The third-order valence-corrected chi connectivity index (χ3v) is 2.16. The molecule has 0 radical (unpaired) electrons. The van der Waals surface area contributed by atoms with Crippen LogP contribution in [0.2, 0.25) is 0 Å². The van der Waals surface area contributed by atoms with Crippen molar-refractivity contribution in [2.24, 2.45) is 0 Å². The normalized spacial score (nSPS) is 25.7. The molecule has 1 atom stereocenters. The Bertz CT molecular complexity index is 189. The molecule has 10 heavy (non-hydrogen) atoms. The second-order valence-corrected chi connectivity index (χ2v) is 3.00. The molecule has 0 saturated carbocycles. The lowest BCUT2D eigenvalue weighted by Gasteiger charge is -2.02. The van der Waals surface area contributed by atoms with Crippen molar-refractivity contribution in [3.63, 3.8) is 0 Å². The molecule has 0 fully saturated rings. The summed E-state index contributed by atoms with van der Waals surface area (Å²) < 4.78 is 0. The van der Waals surface area contributed by atoms with Crippen LogP contribution in [0.5, 0.6) is 0 Å². The van der Waals surface area contributed by atoms with Crippen LogP contribution in [0.4, 0.5) is 0 Å². The zero-order chi connectivity index (χ0) is 7.72. The molecule has 1 heteroatoms. The van der Waals surface area contributed by atoms with Crippen LogP contribution in [0.1, 0.15) is 26.7 Å². The first-order valence-corrected chi connectivity index (χ1v) is 3.66. The Balaban J connectivity index is 2.85. The molecule has 0 aromatic heterocycles. The second-order valence-electron chi connectivity index (χ2n) is 3.00. The van der Waals surface area contributed by atoms with Crippen LogP contribution in [-0.4, -0.2) is 11.2 Å². The Labute approximate surface area is 62.1 Å². The van der Waals surface area contributed by atoms with Gasteiger partial charge in [-0.1, -0.05) is 12.2 Å². The van der Waals surface area contributed by atoms with E-state index in [1.807, 2.05) is 13.8 Å². The Morgan fingerprint density at radius 3 is 2.50 bits per heavy atom. The van der Waals surface area contributed by atoms with Gasteiger partial charge in [0.1, 0.15) is 0 Å². The summed E-state index contributed by atoms with van der Waals surface area (Å²) in [7, 11) is 0. The number of aliphatic hydroxyl groups is 1. The molecule has 1 rings (SSSR count). The third-order valence-electron chi connectivity index (χ3n) is 2.16. The van der Waals surface area contributed by atoms with Crippen LogP contribution in [0.15, 0.2) is 23.3 Å². The highest BCUT2D eigenvalue weighted by Gasteiger charge is 2.19. The number of rotatable bonds is 1. The summed E-state index contributed by atoms with van der Waals surface area (Å²) in [6.45, 7) is 7.84. The van der Waals surface area contributed by atoms with Crippen LogP contribution in [0, 0.1) is 0 Å². The molecule has 0 amide bonds. The van der Waals surface area contributed by atoms with Gasteiger partial charge in [-0.2, -0.15) is 0 Å². The first kappa shape index (κ1) is 7.55. The smallest absolute Gasteiger partial charge is 0.0756 e. The maximum Gasteiger partial charge on any atom is 0.0756 e. The van der Waals surface area contributed by atoms with Crippen LogP contribution in [-0.2, 0) is 0 Å². The summed E-state index contributed by atoms with van der Waals surface area (Å²) in [6, 6.07) is 0. The topological polar surface area (TPSA) is 20.2 Å². The predicted octanol–water partition coefficient (Wildman–Crippen LogP) is 2.03. The maximum atomic E-state index is 9.32. The van der Waals surface area contributed by atoms with Crippen molar-refractivity contribution in [2.45, 2.75) is 32.8 Å². The number of hydrogen-bond acceptors (Lipinski definition) is 1. The molecular weight excluding hydrogens is 124 g/mol. The van der Waals surface area contributed by atoms with Gasteiger partial charge in [-0.3, -0.25) is 0 Å². The Hall–Kier alpha value is -0.560. The molecule has 1 N–H and O–H groups in total. The fraction of sp³-hybridized carbons (Fsp3) is 0.556. The number of allylic oxidation sites excluding steroid dienone is 2. The SMILES string of the molecule is C=C(C)C1=C(C)C(O)CC1. The van der Waals surface area contributed by atoms with E-state index in [4.69, 9.17) is 0 Å². The van der Waals surface area contributed by atoms with E-state index in [0.29, 0.717) is 0 Å². The average molecular weight is 138 g/mol. The van der Waals surface area contributed by atoms with Crippen molar-refractivity contribution in [1.29, 1.82) is 0 Å². The summed E-state index contributed by atoms with van der Waals surface area (Å²) in [5.74, 6) is 0. The molecule has 0 aliphatic heterocycles. The van der Waals surface area contributed by atoms with Crippen molar-refractivity contribution in [2.75, 3.05) is 0 Å². The quantitative estimate of drug-likeness (QED) is 0.588. The lowest BCUT2D eigenvalue weighted by molar-refractivity contribution is 0.212. The monoisotopic (exact) mass is 138 g/mol. The zero-order valence-corrected chi connectivity index (χ0v) is 6.65. The first-order valence-electron chi connectivity index (χ1n) is 3.66. The zero-order valence-electron chi connectivity index (χ0n) is 6.65. The van der Waals surface area contributed by atoms with Gasteiger partial charge in [-0.15, -0.1) is 0 Å². The second kappa shape index (κ2) is 2.59. The Morgan fingerprint density at radius 1 is 1.70 bits per heavy atom. The van der Waals surface area contributed by atoms with E-state index in [1.165, 1.54) is 5.57 Å². The van der Waals surface area contributed by atoms with Crippen molar-refractivity contribution < 1.29 is 5.11 Å². The van der Waals surface area contributed by atoms with E-state index >= 15 is 0 Å². The Morgan fingerprint density at radius 2 is 2.30 bits per heavy atom. The van der Waals surface area contributed by atoms with Crippen molar-refractivity contribution in [3.05, 3.63) is 23.3 Å². The van der Waals surface area contributed by atoms with Gasteiger partial charge in [0.15, 0.2) is 0 Å². The highest BCUT2D eigenvalue weighted by molar-refractivity contribution is 5.36. The summed E-state index contributed by atoms with van der Waals surface area (Å²) >= 11 is 0. The fourth-order valence-corrected chi connectivity index (χ4v) is 1.45. The molecule has 56 valence electrons. The average Bonchev–Trinajstić information content (AvgIpc) is 2.14. The molecule has 0 saturated heterocycles. The van der Waals surface area contributed by atoms with E-state index in [1.54, 1.807) is 0 Å². The summed E-state index contributed by atoms with van der Waals surface area (Å²) in [5, 5.41) is 9.32. The van der Waals surface area contributed by atoms with E-state index < -0.39 is 0 Å². The summed E-state index contributed by atoms with van der Waals surface area (Å²) in [5.41, 5.74) is 3.49. The molecule has 1 unspecified atom stereocenters. The highest BCUT2D eigenvalue weighted by atomic mass is 16.3. The van der Waals surface area contributed by atoms with Crippen LogP contribution in [0.3, 0.4) is 0 Å². The minimum absolute atomic E-state index is 0.202. The molecule has 1 aliphatic carbocycles. The molecule has 0 spiro atoms. The highest BCUT2D eigenvalue weighted by Crippen LogP contribution is 2.29. The van der Waals surface area contributed by atoms with Gasteiger partial charge >= 0.3 is 0 Å². The van der Waals surface area contributed by atoms with Gasteiger partial charge in [-0.05, 0) is 37.8 Å². The first-order chi connectivity index (χ1) is 4.63. The van der Waals surface area contributed by atoms with E-state index in [2.05, 4.69) is 6.58 Å². The van der Waals surface area contributed by atoms with Gasteiger partial charge in [0.05, 0.1) is 6.10 Å². The number of hydrogen-bond donors (Lipinski definition) is 1. The van der Waals surface area contributed by atoms with E-state index in [0.717, 1.165) is 24.0 Å². The standard InChI is InChI=1S/C9H14O/c1-6(2)8-4-5-9(10)7(8)3/h9-10H,1,4-5H2,2-3H3.